The number of hydrogen-bond acceptors (Lipinski definition) is 4. The van der Waals surface area contributed by atoms with E-state index in [9.17, 15) is 9.59 Å². The molecular formula is C20H18ClNO4. The van der Waals surface area contributed by atoms with Gasteiger partial charge < -0.3 is 14.5 Å². The highest BCUT2D eigenvalue weighted by Crippen LogP contribution is 2.28. The van der Waals surface area contributed by atoms with Gasteiger partial charge in [0.2, 0.25) is 5.76 Å². The molecule has 0 aliphatic carbocycles. The lowest BCUT2D eigenvalue weighted by atomic mass is 10.1. The summed E-state index contributed by atoms with van der Waals surface area (Å²) in [5, 5.41) is 4.08. The van der Waals surface area contributed by atoms with Crippen LogP contribution in [0.25, 0.3) is 11.0 Å². The van der Waals surface area contributed by atoms with E-state index >= 15 is 0 Å². The zero-order valence-electron chi connectivity index (χ0n) is 14.4. The molecular weight excluding hydrogens is 354 g/mol. The van der Waals surface area contributed by atoms with Crippen molar-refractivity contribution in [3.63, 3.8) is 0 Å². The average molecular weight is 372 g/mol. The summed E-state index contributed by atoms with van der Waals surface area (Å²) in [6.45, 7) is 3.23. The largest absolute Gasteiger partial charge is 0.450 e. The molecule has 1 amide bonds. The lowest BCUT2D eigenvalue weighted by molar-refractivity contribution is -0.124. The molecule has 1 N–H and O–H groups in total. The summed E-state index contributed by atoms with van der Waals surface area (Å²) >= 11 is 5.97. The SMILES string of the molecule is Cc1c(C(=O)OCC(=O)N[C@H](C)c2ccccc2)oc2ccc(Cl)cc12. The van der Waals surface area contributed by atoms with Gasteiger partial charge in [-0.2, -0.15) is 0 Å². The van der Waals surface area contributed by atoms with E-state index in [-0.39, 0.29) is 24.3 Å². The van der Waals surface area contributed by atoms with E-state index < -0.39 is 5.97 Å². The zero-order chi connectivity index (χ0) is 18.7. The monoisotopic (exact) mass is 371 g/mol. The highest BCUT2D eigenvalue weighted by Gasteiger charge is 2.20. The van der Waals surface area contributed by atoms with Crippen LogP contribution in [0.5, 0.6) is 0 Å². The second-order valence-electron chi connectivity index (χ2n) is 5.97. The summed E-state index contributed by atoms with van der Waals surface area (Å²) < 4.78 is 10.6. The predicted octanol–water partition coefficient (Wildman–Crippen LogP) is 4.43. The molecule has 134 valence electrons. The molecule has 0 unspecified atom stereocenters. The van der Waals surface area contributed by atoms with Crippen LogP contribution >= 0.6 is 11.6 Å². The molecule has 3 aromatic rings. The highest BCUT2D eigenvalue weighted by molar-refractivity contribution is 6.31. The Hall–Kier alpha value is -2.79. The first kappa shape index (κ1) is 18.0. The van der Waals surface area contributed by atoms with Gasteiger partial charge in [-0.25, -0.2) is 4.79 Å². The average Bonchev–Trinajstić information content (AvgIpc) is 2.97. The first-order valence-electron chi connectivity index (χ1n) is 8.16. The third-order valence-corrected chi connectivity index (χ3v) is 4.33. The number of esters is 1. The van der Waals surface area contributed by atoms with Crippen molar-refractivity contribution < 1.29 is 18.7 Å². The quantitative estimate of drug-likeness (QED) is 0.674. The van der Waals surface area contributed by atoms with Crippen LogP contribution in [0.15, 0.2) is 52.9 Å². The van der Waals surface area contributed by atoms with Gasteiger partial charge >= 0.3 is 5.97 Å². The van der Waals surface area contributed by atoms with Crippen molar-refractivity contribution in [1.29, 1.82) is 0 Å². The van der Waals surface area contributed by atoms with Gasteiger partial charge in [-0.1, -0.05) is 41.9 Å². The number of carbonyl (C=O) groups excluding carboxylic acids is 2. The first-order valence-corrected chi connectivity index (χ1v) is 8.53. The van der Waals surface area contributed by atoms with Crippen molar-refractivity contribution in [2.24, 2.45) is 0 Å². The van der Waals surface area contributed by atoms with Crippen molar-refractivity contribution in [3.05, 3.63) is 70.4 Å². The maximum absolute atomic E-state index is 12.3. The molecule has 6 heteroatoms. The van der Waals surface area contributed by atoms with Crippen LogP contribution in [0.1, 0.15) is 34.6 Å². The van der Waals surface area contributed by atoms with E-state index in [1.54, 1.807) is 25.1 Å². The molecule has 1 heterocycles. The summed E-state index contributed by atoms with van der Waals surface area (Å²) in [4.78, 5) is 24.3. The van der Waals surface area contributed by atoms with Crippen molar-refractivity contribution in [2.45, 2.75) is 19.9 Å². The van der Waals surface area contributed by atoms with Gasteiger partial charge in [0.15, 0.2) is 6.61 Å². The Morgan fingerprint density at radius 1 is 1.19 bits per heavy atom. The Morgan fingerprint density at radius 3 is 2.65 bits per heavy atom. The highest BCUT2D eigenvalue weighted by atomic mass is 35.5. The fourth-order valence-electron chi connectivity index (χ4n) is 2.69. The van der Waals surface area contributed by atoms with Gasteiger partial charge in [-0.05, 0) is 37.6 Å². The number of fused-ring (bicyclic) bond motifs is 1. The molecule has 3 rings (SSSR count). The molecule has 0 radical (unpaired) electrons. The molecule has 0 bridgehead atoms. The van der Waals surface area contributed by atoms with Crippen LogP contribution in [-0.2, 0) is 9.53 Å². The third-order valence-electron chi connectivity index (χ3n) is 4.10. The van der Waals surface area contributed by atoms with Gasteiger partial charge in [0, 0.05) is 16.0 Å². The predicted molar refractivity (Wildman–Crippen MR) is 99.2 cm³/mol. The number of hydrogen-bond donors (Lipinski definition) is 1. The number of halogens is 1. The number of rotatable bonds is 5. The van der Waals surface area contributed by atoms with E-state index in [1.807, 2.05) is 37.3 Å². The van der Waals surface area contributed by atoms with Gasteiger partial charge in [-0.15, -0.1) is 0 Å². The van der Waals surface area contributed by atoms with Gasteiger partial charge in [0.05, 0.1) is 6.04 Å². The minimum Gasteiger partial charge on any atom is -0.450 e. The lowest BCUT2D eigenvalue weighted by Crippen LogP contribution is -2.31. The summed E-state index contributed by atoms with van der Waals surface area (Å²) in [5.41, 5.74) is 2.14. The van der Waals surface area contributed by atoms with E-state index in [2.05, 4.69) is 5.32 Å². The Morgan fingerprint density at radius 2 is 1.92 bits per heavy atom. The Bertz CT molecular complexity index is 949. The fourth-order valence-corrected chi connectivity index (χ4v) is 2.86. The zero-order valence-corrected chi connectivity index (χ0v) is 15.2. The number of aryl methyl sites for hydroxylation is 1. The first-order chi connectivity index (χ1) is 12.5. The number of nitrogens with one attached hydrogen (secondary N) is 1. The van der Waals surface area contributed by atoms with E-state index in [0.29, 0.717) is 16.2 Å². The van der Waals surface area contributed by atoms with Gasteiger partial charge in [0.1, 0.15) is 5.58 Å². The van der Waals surface area contributed by atoms with Crippen LogP contribution in [0.4, 0.5) is 0 Å². The Balaban J connectivity index is 1.62. The van der Waals surface area contributed by atoms with E-state index in [0.717, 1.165) is 10.9 Å². The van der Waals surface area contributed by atoms with E-state index in [4.69, 9.17) is 20.8 Å². The molecule has 0 aliphatic heterocycles. The minimum atomic E-state index is -0.683. The summed E-state index contributed by atoms with van der Waals surface area (Å²) in [7, 11) is 0. The molecule has 1 aromatic heterocycles. The molecule has 5 nitrogen and oxygen atoms in total. The molecule has 0 fully saturated rings. The van der Waals surface area contributed by atoms with Crippen LogP contribution in [-0.4, -0.2) is 18.5 Å². The number of furan rings is 1. The van der Waals surface area contributed by atoms with Gasteiger partial charge in [0.25, 0.3) is 5.91 Å². The number of amides is 1. The van der Waals surface area contributed by atoms with Crippen molar-refractivity contribution in [2.75, 3.05) is 6.61 Å². The van der Waals surface area contributed by atoms with Crippen molar-refractivity contribution >= 4 is 34.4 Å². The second kappa shape index (κ2) is 7.62. The maximum Gasteiger partial charge on any atom is 0.375 e. The summed E-state index contributed by atoms with van der Waals surface area (Å²) in [6, 6.07) is 14.4. The van der Waals surface area contributed by atoms with Crippen LogP contribution in [0.2, 0.25) is 5.02 Å². The Kier molecular flexibility index (Phi) is 5.28. The molecule has 0 saturated heterocycles. The number of carbonyl (C=O) groups is 2. The molecule has 0 spiro atoms. The Labute approximate surface area is 155 Å². The third kappa shape index (κ3) is 3.89. The smallest absolute Gasteiger partial charge is 0.375 e. The fraction of sp³-hybridized carbons (Fsp3) is 0.200. The molecule has 0 aliphatic rings. The molecule has 2 aromatic carbocycles. The topological polar surface area (TPSA) is 68.5 Å². The maximum atomic E-state index is 12.3. The molecule has 26 heavy (non-hydrogen) atoms. The van der Waals surface area contributed by atoms with Gasteiger partial charge in [-0.3, -0.25) is 4.79 Å². The van der Waals surface area contributed by atoms with Crippen LogP contribution in [0.3, 0.4) is 0 Å². The second-order valence-corrected chi connectivity index (χ2v) is 6.41. The minimum absolute atomic E-state index is 0.0752. The van der Waals surface area contributed by atoms with Crippen molar-refractivity contribution in [3.8, 4) is 0 Å². The lowest BCUT2D eigenvalue weighted by Gasteiger charge is -2.14. The van der Waals surface area contributed by atoms with Crippen LogP contribution < -0.4 is 5.32 Å². The summed E-state index contributed by atoms with van der Waals surface area (Å²) in [6.07, 6.45) is 0. The number of benzene rings is 2. The molecule has 0 saturated carbocycles. The normalized spacial score (nSPS) is 12.0. The number of ether oxygens (including phenoxy) is 1. The van der Waals surface area contributed by atoms with Crippen molar-refractivity contribution in [1.82, 2.24) is 5.32 Å². The van der Waals surface area contributed by atoms with Crippen LogP contribution in [0, 0.1) is 6.92 Å². The summed E-state index contributed by atoms with van der Waals surface area (Å²) in [5.74, 6) is -0.991. The molecule has 1 atom stereocenters. The standard InChI is InChI=1S/C20H18ClNO4/c1-12-16-10-15(21)8-9-17(16)26-19(12)20(24)25-11-18(23)22-13(2)14-6-4-3-5-7-14/h3-10,13H,11H2,1-2H3,(H,22,23)/t13-/m1/s1. The van der Waals surface area contributed by atoms with E-state index in [1.165, 1.54) is 0 Å².